The van der Waals surface area contributed by atoms with Gasteiger partial charge in [0.1, 0.15) is 58.3 Å². The smallest absolute Gasteiger partial charge is 0.382 e. The number of thiazole rings is 1. The van der Waals surface area contributed by atoms with Gasteiger partial charge in [0, 0.05) is 128 Å². The second-order valence-corrected chi connectivity index (χ2v) is 27.0. The average Bonchev–Trinajstić information content (AvgIpc) is 1.58. The topological polar surface area (TPSA) is 198 Å². The fourth-order valence-electron chi connectivity index (χ4n) is 16.1. The Balaban J connectivity index is 0.0000000830. The number of benzene rings is 1. The summed E-state index contributed by atoms with van der Waals surface area (Å²) >= 11 is 1.83. The molecular formula is C78H56N23OS+5. The van der Waals surface area contributed by atoms with Crippen molar-refractivity contribution >= 4 is 93.5 Å². The molecule has 103 heavy (non-hydrogen) atoms. The van der Waals surface area contributed by atoms with Gasteiger partial charge < -0.3 is 8.82 Å². The summed E-state index contributed by atoms with van der Waals surface area (Å²) in [6.45, 7) is 1.77. The van der Waals surface area contributed by atoms with E-state index in [1.165, 1.54) is 92.5 Å². The number of fused-ring (bicyclic) bond motifs is 35. The van der Waals surface area contributed by atoms with E-state index in [2.05, 4.69) is 168 Å². The van der Waals surface area contributed by atoms with Gasteiger partial charge >= 0.3 is 5.89 Å². The number of hydrogen-bond donors (Lipinski definition) is 0. The molecule has 25 heteroatoms. The first kappa shape index (κ1) is 54.1. The molecule has 21 aromatic rings. The molecule has 0 fully saturated rings. The van der Waals surface area contributed by atoms with E-state index < -0.39 is 6.98 Å². The maximum atomic E-state index is 8.03. The lowest BCUT2D eigenvalue weighted by Crippen LogP contribution is -2.31. The van der Waals surface area contributed by atoms with E-state index in [1.807, 2.05) is 165 Å². The van der Waals surface area contributed by atoms with Gasteiger partial charge in [0.25, 0.3) is 33.5 Å². The Morgan fingerprint density at radius 2 is 0.961 bits per heavy atom. The molecule has 5 aliphatic rings. The number of hydrogen-bond acceptors (Lipinski definition) is 12. The molecule has 0 atom stereocenters. The number of pyridine rings is 5. The van der Waals surface area contributed by atoms with E-state index in [1.54, 1.807) is 35.5 Å². The van der Waals surface area contributed by atoms with Crippen LogP contribution >= 0.6 is 11.3 Å². The van der Waals surface area contributed by atoms with Crippen LogP contribution in [0.3, 0.4) is 0 Å². The number of aromatic nitrogens is 23. The van der Waals surface area contributed by atoms with Gasteiger partial charge in [0.2, 0.25) is 27.8 Å². The highest BCUT2D eigenvalue weighted by atomic mass is 32.1. The van der Waals surface area contributed by atoms with Crippen molar-refractivity contribution in [1.82, 2.24) is 86.5 Å². The number of para-hydroxylation sites is 1. The molecule has 5 aliphatic heterocycles. The predicted octanol–water partition coefficient (Wildman–Crippen LogP) is 10.1. The molecule has 24 nitrogen and oxygen atoms in total. The highest BCUT2D eigenvalue weighted by Gasteiger charge is 2.41. The number of oxazole rings is 1. The van der Waals surface area contributed by atoms with Gasteiger partial charge in [0.15, 0.2) is 29.6 Å². The summed E-state index contributed by atoms with van der Waals surface area (Å²) < 4.78 is 58.3. The summed E-state index contributed by atoms with van der Waals surface area (Å²) in [6.07, 6.45) is 40.0. The predicted molar refractivity (Wildman–Crippen MR) is 384 cm³/mol. The van der Waals surface area contributed by atoms with Crippen molar-refractivity contribution in [2.24, 2.45) is 14.0 Å². The maximum Gasteiger partial charge on any atom is 0.382 e. The van der Waals surface area contributed by atoms with Crippen molar-refractivity contribution in [3.8, 4) is 61.9 Å². The van der Waals surface area contributed by atoms with Crippen molar-refractivity contribution in [3.63, 3.8) is 0 Å². The van der Waals surface area contributed by atoms with Gasteiger partial charge in [0.05, 0.1) is 70.1 Å². The van der Waals surface area contributed by atoms with Gasteiger partial charge in [-0.2, -0.15) is 34.1 Å². The fourth-order valence-corrected chi connectivity index (χ4v) is 17.3. The van der Waals surface area contributed by atoms with Crippen LogP contribution in [0.4, 0.5) is 0 Å². The van der Waals surface area contributed by atoms with Crippen LogP contribution in [0, 0.1) is 0 Å². The van der Waals surface area contributed by atoms with Crippen LogP contribution in [0.15, 0.2) is 250 Å². The molecule has 0 amide bonds. The van der Waals surface area contributed by atoms with E-state index in [9.17, 15) is 0 Å². The Kier molecular flexibility index (Phi) is 11.5. The molecule has 0 N–H and O–H groups in total. The molecule has 0 saturated carbocycles. The van der Waals surface area contributed by atoms with Crippen LogP contribution in [-0.2, 0) is 46.7 Å². The molecule has 25 heterocycles. The number of rotatable bonds is 1. The lowest BCUT2D eigenvalue weighted by atomic mass is 10.1. The molecule has 26 rings (SSSR count). The molecule has 0 saturated heterocycles. The van der Waals surface area contributed by atoms with Gasteiger partial charge in [-0.25, -0.2) is 45.9 Å². The molecule has 0 aliphatic carbocycles. The van der Waals surface area contributed by atoms with Crippen molar-refractivity contribution in [2.75, 3.05) is 0 Å². The van der Waals surface area contributed by atoms with Gasteiger partial charge in [-0.05, 0) is 97.1 Å². The van der Waals surface area contributed by atoms with E-state index in [0.29, 0.717) is 17.9 Å². The number of nitrogens with zero attached hydrogens (tertiary/aromatic N) is 23. The molecule has 1 aromatic carbocycles. The lowest BCUT2D eigenvalue weighted by Gasteiger charge is -2.02. The normalized spacial score (nSPS) is 13.5. The molecule has 0 bridgehead atoms. The Bertz CT molecular complexity index is 7230. The molecule has 0 spiro atoms. The summed E-state index contributed by atoms with van der Waals surface area (Å²) in [4.78, 5) is 25.6. The van der Waals surface area contributed by atoms with Crippen LogP contribution in [0.2, 0.25) is 0 Å². The van der Waals surface area contributed by atoms with Gasteiger partial charge in [-0.3, -0.25) is 24.9 Å². The zero-order valence-electron chi connectivity index (χ0n) is 57.7. The monoisotopic (exact) mass is 1370 g/mol. The van der Waals surface area contributed by atoms with E-state index >= 15 is 0 Å². The zero-order chi connectivity index (χ0) is 70.2. The first-order valence-electron chi connectivity index (χ1n) is 35.1. The summed E-state index contributed by atoms with van der Waals surface area (Å²) in [5.41, 5.74) is 27.8. The number of imidazole rings is 3. The Hall–Kier alpha value is -13.8. The molecule has 20 aromatic heterocycles. The summed E-state index contributed by atoms with van der Waals surface area (Å²) in [6, 6.07) is 38.5. The van der Waals surface area contributed by atoms with Gasteiger partial charge in [-0.15, -0.1) is 0 Å². The first-order valence-corrected chi connectivity index (χ1v) is 34.4. The summed E-state index contributed by atoms with van der Waals surface area (Å²) in [5.74, 6) is 4.08. The standard InChI is InChI=1S/C20H14N5.2C15H12N5.C14H9N4O.C14H9N4S/c1-2-5-15(6-3-1)25-19-17-7-4-9-22-24(17)13-18(19)23-12-14-11-21-10-8-16(14)20(23)25;2*1-18-14-12-3-2-5-17-20(12)9-13(14)19-8-10-7-16-6-4-11(10)15(18)19;1-2-11-13-12(8-18(11)16-4-1)17-7-9-6-15-5-3-10(9)14(17)19-13;1-3-16-13-12-11(8-17(13)5-1)19-14-10-2-4-15-6-9(10)7-18(12)14/h1-11,13H,12H2;2*2-7,9H,8H2,1H3;2*1-6,8H,7H2/q5*+1/i;1D3;;;. The maximum absolute atomic E-state index is 8.03. The van der Waals surface area contributed by atoms with Crippen LogP contribution in [-0.4, -0.2) is 86.5 Å². The minimum Gasteiger partial charge on any atom is -0.395 e. The Morgan fingerprint density at radius 3 is 1.62 bits per heavy atom. The molecular weight excluding hydrogens is 1310 g/mol. The second kappa shape index (κ2) is 21.8. The number of aryl methyl sites for hydroxylation is 2. The van der Waals surface area contributed by atoms with Crippen molar-refractivity contribution < 1.29 is 31.4 Å². The zero-order valence-corrected chi connectivity index (χ0v) is 55.5. The minimum atomic E-state index is -2.28. The lowest BCUT2D eigenvalue weighted by molar-refractivity contribution is -0.649. The fraction of sp³-hybridized carbons (Fsp3) is 0.0897. The average molecular weight is 1370 g/mol. The molecule has 0 unspecified atom stereocenters. The van der Waals surface area contributed by atoms with Crippen molar-refractivity contribution in [3.05, 3.63) is 273 Å². The minimum absolute atomic E-state index is 0.620. The van der Waals surface area contributed by atoms with Gasteiger partial charge in [-0.1, -0.05) is 29.5 Å². The van der Waals surface area contributed by atoms with E-state index in [0.717, 1.165) is 98.8 Å². The quantitative estimate of drug-likeness (QED) is 0.142. The Labute approximate surface area is 590 Å². The van der Waals surface area contributed by atoms with Crippen LogP contribution in [0.25, 0.3) is 144 Å². The molecule has 0 radical (unpaired) electrons. The molecule has 490 valence electrons. The first-order chi connectivity index (χ1) is 52.1. The third kappa shape index (κ3) is 8.35. The van der Waals surface area contributed by atoms with E-state index in [4.69, 9.17) is 8.53 Å². The third-order valence-electron chi connectivity index (χ3n) is 20.5. The van der Waals surface area contributed by atoms with Crippen LogP contribution < -0.4 is 22.8 Å². The Morgan fingerprint density at radius 1 is 0.437 bits per heavy atom. The van der Waals surface area contributed by atoms with E-state index in [-0.39, 0.29) is 0 Å². The summed E-state index contributed by atoms with van der Waals surface area (Å²) in [5, 5.41) is 18.8. The highest BCUT2D eigenvalue weighted by molar-refractivity contribution is 7.21. The highest BCUT2D eigenvalue weighted by Crippen LogP contribution is 2.40. The van der Waals surface area contributed by atoms with Crippen LogP contribution in [0.5, 0.6) is 0 Å². The van der Waals surface area contributed by atoms with Crippen LogP contribution in [0.1, 0.15) is 31.9 Å². The largest absolute Gasteiger partial charge is 0.395 e. The van der Waals surface area contributed by atoms with Crippen molar-refractivity contribution in [1.29, 1.82) is 0 Å². The second-order valence-electron chi connectivity index (χ2n) is 26.0. The summed E-state index contributed by atoms with van der Waals surface area (Å²) in [7, 11) is 2.12. The van der Waals surface area contributed by atoms with Crippen molar-refractivity contribution in [2.45, 2.75) is 32.7 Å². The SMILES string of the molecule is C[n+]1c2n(c3cn4ncccc4c31)Cc1cnccc1-2.[2H]C([2H])([2H])[n+]1c2n(c3cn4ncccc4c31)Cc1cnccc1-2.c1ccc(-n2c3[n+](c4cn5ncccc5c42)Cc2cnccc2-3)cc1.c1cnc2c3c(cn2c1)sc1[n+]3Cc2cnccc2-1.c1cnn2cc3c(oc4[n+]3Cc3cnccc3-4)c2c1. The third-order valence-corrected chi connectivity index (χ3v) is 21.6.